The second-order valence-electron chi connectivity index (χ2n) is 6.70. The van der Waals surface area contributed by atoms with E-state index in [-0.39, 0.29) is 54.7 Å². The number of methoxy groups -OCH3 is 1. The van der Waals surface area contributed by atoms with Crippen molar-refractivity contribution in [2.24, 2.45) is 12.0 Å². The van der Waals surface area contributed by atoms with Gasteiger partial charge >= 0.3 is 17.3 Å². The third kappa shape index (κ3) is 3.44. The number of fused-ring (bicyclic) bond motifs is 1. The van der Waals surface area contributed by atoms with Crippen LogP contribution in [0.4, 0.5) is 17.2 Å². The van der Waals surface area contributed by atoms with Crippen LogP contribution < -0.4 is 26.9 Å². The number of carbonyl (C=O) groups is 1. The van der Waals surface area contributed by atoms with E-state index in [1.165, 1.54) is 31.0 Å². The number of rotatable bonds is 4. The van der Waals surface area contributed by atoms with Crippen molar-refractivity contribution in [1.29, 1.82) is 5.26 Å². The van der Waals surface area contributed by atoms with E-state index in [1.54, 1.807) is 12.1 Å². The van der Waals surface area contributed by atoms with E-state index >= 15 is 0 Å². The van der Waals surface area contributed by atoms with Gasteiger partial charge in [-0.05, 0) is 17.4 Å². The number of H-pyrrole nitrogens is 1. The number of benzene rings is 1. The van der Waals surface area contributed by atoms with Crippen molar-refractivity contribution in [3.8, 4) is 17.3 Å². The van der Waals surface area contributed by atoms with Crippen molar-refractivity contribution < 1.29 is 23.8 Å². The SMILES string of the molecule is COC(=O)c1ccccc1N=C([O-])c1sc2nc(N)c(C#N)c(-c3c(=O)o[nH][n+]3C)c2c1N. The molecule has 0 fully saturated rings. The molecule has 0 atom stereocenters. The van der Waals surface area contributed by atoms with Gasteiger partial charge in [-0.15, -0.1) is 11.3 Å². The van der Waals surface area contributed by atoms with E-state index in [0.29, 0.717) is 0 Å². The Kier molecular flexibility index (Phi) is 5.28. The summed E-state index contributed by atoms with van der Waals surface area (Å²) in [4.78, 5) is 32.7. The summed E-state index contributed by atoms with van der Waals surface area (Å²) in [7, 11) is 2.71. The predicted octanol–water partition coefficient (Wildman–Crippen LogP) is 0.330. The smallest absolute Gasteiger partial charge is 0.435 e. The molecule has 12 nitrogen and oxygen atoms in total. The highest BCUT2D eigenvalue weighted by Gasteiger charge is 2.31. The van der Waals surface area contributed by atoms with Crippen LogP contribution >= 0.6 is 11.3 Å². The molecule has 1 aromatic carbocycles. The first kappa shape index (κ1) is 21.5. The van der Waals surface area contributed by atoms with Crippen LogP contribution in [-0.4, -0.2) is 29.2 Å². The first-order chi connectivity index (χ1) is 15.8. The number of aromatic nitrogens is 3. The van der Waals surface area contributed by atoms with Gasteiger partial charge in [-0.1, -0.05) is 16.8 Å². The number of para-hydroxylation sites is 1. The highest BCUT2D eigenvalue weighted by molar-refractivity contribution is 7.21. The largest absolute Gasteiger partial charge is 0.858 e. The summed E-state index contributed by atoms with van der Waals surface area (Å²) in [5.74, 6) is -1.55. The van der Waals surface area contributed by atoms with Crippen LogP contribution in [0.25, 0.3) is 21.5 Å². The lowest BCUT2D eigenvalue weighted by Crippen LogP contribution is -2.34. The number of aryl methyl sites for hydroxylation is 1. The highest BCUT2D eigenvalue weighted by atomic mass is 32.1. The molecule has 0 radical (unpaired) electrons. The number of esters is 1. The minimum Gasteiger partial charge on any atom is -0.858 e. The average molecular weight is 465 g/mol. The Labute approximate surface area is 188 Å². The highest BCUT2D eigenvalue weighted by Crippen LogP contribution is 2.41. The molecule has 3 aromatic heterocycles. The number of nitriles is 1. The molecule has 0 bridgehead atoms. The van der Waals surface area contributed by atoms with Gasteiger partial charge in [0.15, 0.2) is 7.05 Å². The van der Waals surface area contributed by atoms with Gasteiger partial charge in [-0.3, -0.25) is 9.52 Å². The minimum absolute atomic E-state index is 0.00418. The molecule has 33 heavy (non-hydrogen) atoms. The molecule has 0 saturated carbocycles. The molecule has 0 spiro atoms. The van der Waals surface area contributed by atoms with Gasteiger partial charge in [-0.2, -0.15) is 5.26 Å². The number of hydrogen-bond donors (Lipinski definition) is 3. The Morgan fingerprint density at radius 1 is 1.39 bits per heavy atom. The van der Waals surface area contributed by atoms with E-state index in [0.717, 1.165) is 11.3 Å². The van der Waals surface area contributed by atoms with Gasteiger partial charge < -0.3 is 21.3 Å². The zero-order valence-electron chi connectivity index (χ0n) is 17.2. The summed E-state index contributed by atoms with van der Waals surface area (Å²) in [5.41, 5.74) is 11.6. The Hall–Kier alpha value is -4.70. The summed E-state index contributed by atoms with van der Waals surface area (Å²) in [6.45, 7) is 0. The van der Waals surface area contributed by atoms with E-state index in [4.69, 9.17) is 20.7 Å². The molecule has 13 heteroatoms. The van der Waals surface area contributed by atoms with Crippen molar-refractivity contribution >= 4 is 50.6 Å². The van der Waals surface area contributed by atoms with E-state index < -0.39 is 17.5 Å². The number of anilines is 2. The number of nitrogens with zero attached hydrogens (tertiary/aromatic N) is 4. The monoisotopic (exact) mass is 465 g/mol. The standard InChI is InChI=1S/C20H15N7O5S/c1-27-14(20(30)32-26-27)11-9(7-21)16(23)25-18-12(11)13(22)15(33-18)17(28)24-10-6-4-3-5-8(10)19(29)31-2/h3-6H,1-2H3,(H5-,22,23,24,25,26,28,29,30). The quantitative estimate of drug-likeness (QED) is 0.164. The van der Waals surface area contributed by atoms with E-state index in [2.05, 4.69) is 15.2 Å². The maximum absolute atomic E-state index is 13.0. The van der Waals surface area contributed by atoms with Gasteiger partial charge in [-0.25, -0.2) is 14.6 Å². The maximum atomic E-state index is 13.0. The number of nitrogens with one attached hydrogen (secondary N) is 1. The van der Waals surface area contributed by atoms with Gasteiger partial charge in [0, 0.05) is 5.90 Å². The number of carbonyl (C=O) groups excluding carboxylic acids is 1. The fourth-order valence-electron chi connectivity index (χ4n) is 3.30. The summed E-state index contributed by atoms with van der Waals surface area (Å²) < 4.78 is 10.8. The molecule has 0 unspecified atom stereocenters. The number of thiophene rings is 1. The fraction of sp³-hybridized carbons (Fsp3) is 0.100. The zero-order valence-corrected chi connectivity index (χ0v) is 18.0. The summed E-state index contributed by atoms with van der Waals surface area (Å²) >= 11 is 0.891. The normalized spacial score (nSPS) is 11.5. The molecule has 4 aromatic rings. The average Bonchev–Trinajstić information content (AvgIpc) is 3.31. The number of pyridine rings is 1. The van der Waals surface area contributed by atoms with Crippen LogP contribution in [0.5, 0.6) is 0 Å². The fourth-order valence-corrected chi connectivity index (χ4v) is 4.30. The lowest BCUT2D eigenvalue weighted by molar-refractivity contribution is -0.730. The van der Waals surface area contributed by atoms with Gasteiger partial charge in [0.1, 0.15) is 22.3 Å². The Morgan fingerprint density at radius 3 is 2.76 bits per heavy atom. The van der Waals surface area contributed by atoms with Crippen molar-refractivity contribution in [3.05, 3.63) is 50.7 Å². The molecule has 4 rings (SSSR count). The topological polar surface area (TPSA) is 200 Å². The van der Waals surface area contributed by atoms with Crippen LogP contribution in [0.15, 0.2) is 38.6 Å². The summed E-state index contributed by atoms with van der Waals surface area (Å²) in [5, 5.41) is 25.2. The first-order valence-corrected chi connectivity index (χ1v) is 10.0. The van der Waals surface area contributed by atoms with Crippen molar-refractivity contribution in [2.45, 2.75) is 0 Å². The molecule has 3 heterocycles. The molecule has 0 aliphatic heterocycles. The van der Waals surface area contributed by atoms with Crippen molar-refractivity contribution in [1.82, 2.24) is 10.3 Å². The van der Waals surface area contributed by atoms with Crippen molar-refractivity contribution in [3.63, 3.8) is 0 Å². The number of aliphatic imine (C=N–C) groups is 1. The zero-order chi connectivity index (χ0) is 23.9. The number of nitrogens with two attached hydrogens (primary N) is 2. The third-order valence-corrected chi connectivity index (χ3v) is 5.87. The van der Waals surface area contributed by atoms with Gasteiger partial charge in [0.2, 0.25) is 0 Å². The second-order valence-corrected chi connectivity index (χ2v) is 7.70. The Balaban J connectivity index is 2.00. The lowest BCUT2D eigenvalue weighted by atomic mass is 10.0. The van der Waals surface area contributed by atoms with Crippen LogP contribution in [0.3, 0.4) is 0 Å². The molecule has 0 saturated heterocycles. The van der Waals surface area contributed by atoms with Crippen LogP contribution in [0.1, 0.15) is 20.8 Å². The number of nitrogen functional groups attached to an aromatic ring is 2. The van der Waals surface area contributed by atoms with Crippen molar-refractivity contribution in [2.75, 3.05) is 18.6 Å². The van der Waals surface area contributed by atoms with Crippen LogP contribution in [0.2, 0.25) is 0 Å². The molecular formula is C20H15N7O5S. The van der Waals surface area contributed by atoms with E-state index in [9.17, 15) is 20.0 Å². The minimum atomic E-state index is -0.768. The van der Waals surface area contributed by atoms with Gasteiger partial charge in [0.25, 0.3) is 0 Å². The maximum Gasteiger partial charge on any atom is 0.435 e. The third-order valence-electron chi connectivity index (χ3n) is 4.78. The number of hydrogen-bond acceptors (Lipinski definition) is 11. The first-order valence-electron chi connectivity index (χ1n) is 9.21. The lowest BCUT2D eigenvalue weighted by Gasteiger charge is -2.11. The Bertz CT molecular complexity index is 1560. The van der Waals surface area contributed by atoms with Crippen LogP contribution in [-0.2, 0) is 11.8 Å². The predicted molar refractivity (Wildman–Crippen MR) is 117 cm³/mol. The van der Waals surface area contributed by atoms with Gasteiger partial charge in [0.05, 0.1) is 39.9 Å². The number of aromatic amines is 1. The molecule has 0 aliphatic carbocycles. The molecule has 166 valence electrons. The summed E-state index contributed by atoms with van der Waals surface area (Å²) in [6, 6.07) is 8.09. The number of ether oxygens (including phenoxy) is 1. The molecule has 0 aliphatic rings. The Morgan fingerprint density at radius 2 is 2.12 bits per heavy atom. The van der Waals surface area contributed by atoms with E-state index in [1.807, 2.05) is 6.07 Å². The second kappa shape index (κ2) is 8.09. The molecular weight excluding hydrogens is 450 g/mol. The summed E-state index contributed by atoms with van der Waals surface area (Å²) in [6.07, 6.45) is 0. The molecule has 0 amide bonds. The van der Waals surface area contributed by atoms with Crippen LogP contribution in [0, 0.1) is 11.3 Å². The molecule has 5 N–H and O–H groups in total.